The summed E-state index contributed by atoms with van der Waals surface area (Å²) >= 11 is 0. The highest BCUT2D eigenvalue weighted by atomic mass is 16.3. The lowest BCUT2D eigenvalue weighted by Crippen LogP contribution is -2.39. The Morgan fingerprint density at radius 1 is 1.43 bits per heavy atom. The van der Waals surface area contributed by atoms with Crippen molar-refractivity contribution in [2.24, 2.45) is 5.92 Å². The maximum absolute atomic E-state index is 10.2. The first-order chi connectivity index (χ1) is 10.1. The van der Waals surface area contributed by atoms with Crippen LogP contribution in [0, 0.1) is 12.8 Å². The molecule has 1 aromatic rings. The molecule has 0 radical (unpaired) electrons. The molecule has 0 amide bonds. The van der Waals surface area contributed by atoms with Crippen molar-refractivity contribution in [3.05, 3.63) is 29.3 Å². The van der Waals surface area contributed by atoms with Crippen molar-refractivity contribution in [1.29, 1.82) is 0 Å². The van der Waals surface area contributed by atoms with Gasteiger partial charge in [-0.3, -0.25) is 4.90 Å². The molecule has 1 aliphatic rings. The van der Waals surface area contributed by atoms with E-state index >= 15 is 0 Å². The number of piperidine rings is 1. The fraction of sp³-hybridized carbons (Fsp3) is 0.667. The molecule has 0 spiro atoms. The Morgan fingerprint density at radius 3 is 2.90 bits per heavy atom. The van der Waals surface area contributed by atoms with Crippen LogP contribution in [0.25, 0.3) is 0 Å². The number of hydrogen-bond donors (Lipinski definition) is 2. The van der Waals surface area contributed by atoms with Gasteiger partial charge in [-0.25, -0.2) is 0 Å². The number of phenols is 1. The van der Waals surface area contributed by atoms with Gasteiger partial charge in [0.1, 0.15) is 5.75 Å². The maximum Gasteiger partial charge on any atom is 0.120 e. The lowest BCUT2D eigenvalue weighted by Gasteiger charge is -2.34. The third-order valence-electron chi connectivity index (χ3n) is 4.58. The normalized spacial score (nSPS) is 20.7. The molecule has 3 heteroatoms. The molecule has 1 heterocycles. The summed E-state index contributed by atoms with van der Waals surface area (Å²) in [6, 6.07) is 6.20. The average Bonchev–Trinajstić information content (AvgIpc) is 2.49. The summed E-state index contributed by atoms with van der Waals surface area (Å²) in [6.45, 7) is 11.0. The molecule has 2 rings (SSSR count). The molecule has 1 fully saturated rings. The van der Waals surface area contributed by atoms with Crippen molar-refractivity contribution in [2.75, 3.05) is 26.2 Å². The number of aromatic hydroxyl groups is 1. The van der Waals surface area contributed by atoms with Crippen LogP contribution < -0.4 is 5.32 Å². The second-order valence-corrected chi connectivity index (χ2v) is 6.45. The third-order valence-corrected chi connectivity index (χ3v) is 4.58. The second-order valence-electron chi connectivity index (χ2n) is 6.45. The van der Waals surface area contributed by atoms with Crippen LogP contribution in [0.15, 0.2) is 18.2 Å². The van der Waals surface area contributed by atoms with E-state index in [0.717, 1.165) is 37.5 Å². The standard InChI is InChI=1S/C18H30N2O/c1-4-10-20(13-16-6-5-9-19-12-16)15(3)17-11-14(2)7-8-18(17)21/h7-8,11,15-16,19,21H,4-6,9-10,12-13H2,1-3H3. The van der Waals surface area contributed by atoms with E-state index in [4.69, 9.17) is 0 Å². The molecule has 2 atom stereocenters. The Kier molecular flexibility index (Phi) is 6.07. The van der Waals surface area contributed by atoms with Gasteiger partial charge in [0.2, 0.25) is 0 Å². The van der Waals surface area contributed by atoms with E-state index in [-0.39, 0.29) is 6.04 Å². The van der Waals surface area contributed by atoms with Gasteiger partial charge in [-0.05, 0) is 64.7 Å². The molecular formula is C18H30N2O. The Morgan fingerprint density at radius 2 is 2.24 bits per heavy atom. The summed E-state index contributed by atoms with van der Waals surface area (Å²) < 4.78 is 0. The first kappa shape index (κ1) is 16.3. The number of nitrogens with zero attached hydrogens (tertiary/aromatic N) is 1. The summed E-state index contributed by atoms with van der Waals surface area (Å²) in [5, 5.41) is 13.7. The topological polar surface area (TPSA) is 35.5 Å². The van der Waals surface area contributed by atoms with Gasteiger partial charge >= 0.3 is 0 Å². The zero-order valence-electron chi connectivity index (χ0n) is 13.7. The van der Waals surface area contributed by atoms with Gasteiger partial charge in [-0.15, -0.1) is 0 Å². The number of hydrogen-bond acceptors (Lipinski definition) is 3. The molecule has 118 valence electrons. The van der Waals surface area contributed by atoms with E-state index < -0.39 is 0 Å². The van der Waals surface area contributed by atoms with Crippen molar-refractivity contribution in [3.8, 4) is 5.75 Å². The predicted octanol–water partition coefficient (Wildman–Crippen LogP) is 3.47. The fourth-order valence-corrected chi connectivity index (χ4v) is 3.35. The van der Waals surface area contributed by atoms with Crippen LogP contribution >= 0.6 is 0 Å². The highest BCUT2D eigenvalue weighted by Crippen LogP contribution is 2.30. The van der Waals surface area contributed by atoms with Crippen LogP contribution in [0.2, 0.25) is 0 Å². The van der Waals surface area contributed by atoms with Crippen LogP contribution in [0.3, 0.4) is 0 Å². The molecular weight excluding hydrogens is 260 g/mol. The monoisotopic (exact) mass is 290 g/mol. The Bertz CT molecular complexity index is 441. The van der Waals surface area contributed by atoms with E-state index in [1.165, 1.54) is 24.9 Å². The lowest BCUT2D eigenvalue weighted by atomic mass is 9.96. The van der Waals surface area contributed by atoms with Gasteiger partial charge in [-0.1, -0.05) is 24.6 Å². The van der Waals surface area contributed by atoms with Crippen molar-refractivity contribution < 1.29 is 5.11 Å². The summed E-state index contributed by atoms with van der Waals surface area (Å²) in [7, 11) is 0. The van der Waals surface area contributed by atoms with Crippen molar-refractivity contribution in [2.45, 2.75) is 46.1 Å². The van der Waals surface area contributed by atoms with Gasteiger partial charge in [0.15, 0.2) is 0 Å². The molecule has 2 N–H and O–H groups in total. The van der Waals surface area contributed by atoms with Gasteiger partial charge in [0.25, 0.3) is 0 Å². The zero-order valence-corrected chi connectivity index (χ0v) is 13.7. The third kappa shape index (κ3) is 4.45. The number of nitrogens with one attached hydrogen (secondary N) is 1. The van der Waals surface area contributed by atoms with Gasteiger partial charge in [0, 0.05) is 18.2 Å². The van der Waals surface area contributed by atoms with E-state index in [0.29, 0.717) is 5.75 Å². The van der Waals surface area contributed by atoms with Gasteiger partial charge < -0.3 is 10.4 Å². The van der Waals surface area contributed by atoms with E-state index in [9.17, 15) is 5.11 Å². The number of phenolic OH excluding ortho intramolecular Hbond substituents is 1. The molecule has 2 unspecified atom stereocenters. The molecule has 1 saturated heterocycles. The molecule has 1 aliphatic heterocycles. The first-order valence-corrected chi connectivity index (χ1v) is 8.36. The number of benzene rings is 1. The molecule has 3 nitrogen and oxygen atoms in total. The second kappa shape index (κ2) is 7.81. The van der Waals surface area contributed by atoms with Gasteiger partial charge in [-0.2, -0.15) is 0 Å². The van der Waals surface area contributed by atoms with Gasteiger partial charge in [0.05, 0.1) is 0 Å². The summed E-state index contributed by atoms with van der Waals surface area (Å²) in [5.74, 6) is 1.16. The lowest BCUT2D eigenvalue weighted by molar-refractivity contribution is 0.161. The Balaban J connectivity index is 2.10. The van der Waals surface area contributed by atoms with Crippen LogP contribution in [-0.2, 0) is 0 Å². The van der Waals surface area contributed by atoms with E-state index in [1.54, 1.807) is 0 Å². The van der Waals surface area contributed by atoms with E-state index in [2.05, 4.69) is 37.1 Å². The molecule has 21 heavy (non-hydrogen) atoms. The minimum atomic E-state index is 0.270. The predicted molar refractivity (Wildman–Crippen MR) is 88.7 cm³/mol. The zero-order chi connectivity index (χ0) is 15.2. The van der Waals surface area contributed by atoms with Crippen LogP contribution in [0.5, 0.6) is 5.75 Å². The average molecular weight is 290 g/mol. The minimum Gasteiger partial charge on any atom is -0.508 e. The summed E-state index contributed by atoms with van der Waals surface area (Å²) in [4.78, 5) is 2.53. The molecule has 1 aromatic carbocycles. The number of aryl methyl sites for hydroxylation is 1. The SMILES string of the molecule is CCCN(CC1CCCNC1)C(C)c1cc(C)ccc1O. The van der Waals surface area contributed by atoms with Crippen LogP contribution in [-0.4, -0.2) is 36.2 Å². The smallest absolute Gasteiger partial charge is 0.120 e. The maximum atomic E-state index is 10.2. The number of rotatable bonds is 6. The largest absolute Gasteiger partial charge is 0.508 e. The van der Waals surface area contributed by atoms with Crippen molar-refractivity contribution in [1.82, 2.24) is 10.2 Å². The molecule has 0 saturated carbocycles. The van der Waals surface area contributed by atoms with E-state index in [1.807, 2.05) is 12.1 Å². The van der Waals surface area contributed by atoms with Crippen LogP contribution in [0.1, 0.15) is 50.3 Å². The summed E-state index contributed by atoms with van der Waals surface area (Å²) in [5.41, 5.74) is 2.28. The quantitative estimate of drug-likeness (QED) is 0.842. The highest BCUT2D eigenvalue weighted by Gasteiger charge is 2.22. The summed E-state index contributed by atoms with van der Waals surface area (Å²) in [6.07, 6.45) is 3.76. The van der Waals surface area contributed by atoms with Crippen molar-refractivity contribution in [3.63, 3.8) is 0 Å². The Hall–Kier alpha value is -1.06. The van der Waals surface area contributed by atoms with Crippen LogP contribution in [0.4, 0.5) is 0 Å². The van der Waals surface area contributed by atoms with Crippen molar-refractivity contribution >= 4 is 0 Å². The molecule has 0 aromatic heterocycles. The molecule has 0 aliphatic carbocycles. The fourth-order valence-electron chi connectivity index (χ4n) is 3.35. The highest BCUT2D eigenvalue weighted by molar-refractivity contribution is 5.37. The first-order valence-electron chi connectivity index (χ1n) is 8.36. The molecule has 0 bridgehead atoms. The Labute approximate surface area is 129 Å². The minimum absolute atomic E-state index is 0.270.